The number of nitrogens with zero attached hydrogens (tertiary/aromatic N) is 4. The maximum absolute atomic E-state index is 12.9. The highest BCUT2D eigenvalue weighted by atomic mass is 16.3. The minimum atomic E-state index is -0.141. The number of aromatic nitrogens is 1. The summed E-state index contributed by atoms with van der Waals surface area (Å²) in [6.07, 6.45) is 1.61. The van der Waals surface area contributed by atoms with Crippen molar-refractivity contribution in [3.63, 3.8) is 0 Å². The summed E-state index contributed by atoms with van der Waals surface area (Å²) >= 11 is 0. The first-order chi connectivity index (χ1) is 15.5. The molecule has 0 aliphatic carbocycles. The fourth-order valence-electron chi connectivity index (χ4n) is 4.09. The number of phenols is 1. The van der Waals surface area contributed by atoms with E-state index >= 15 is 0 Å². The molecule has 1 saturated heterocycles. The predicted molar refractivity (Wildman–Crippen MR) is 122 cm³/mol. The first kappa shape index (κ1) is 21.5. The lowest BCUT2D eigenvalue weighted by molar-refractivity contribution is -0.117. The number of rotatable bonds is 6. The third-order valence-electron chi connectivity index (χ3n) is 6.05. The molecule has 32 heavy (non-hydrogen) atoms. The van der Waals surface area contributed by atoms with E-state index in [2.05, 4.69) is 21.2 Å². The summed E-state index contributed by atoms with van der Waals surface area (Å²) in [6.45, 7) is 7.65. The van der Waals surface area contributed by atoms with Crippen LogP contribution >= 0.6 is 0 Å². The Bertz CT molecular complexity index is 1120. The summed E-state index contributed by atoms with van der Waals surface area (Å²) in [5, 5.41) is 22.1. The topological polar surface area (TPSA) is 97.7 Å². The van der Waals surface area contributed by atoms with Crippen molar-refractivity contribution in [1.82, 2.24) is 9.47 Å². The van der Waals surface area contributed by atoms with Crippen LogP contribution in [0.25, 0.3) is 0 Å². The fourth-order valence-corrected chi connectivity index (χ4v) is 4.09. The molecule has 0 radical (unpaired) electrons. The lowest BCUT2D eigenvalue weighted by Gasteiger charge is -2.35. The van der Waals surface area contributed by atoms with Crippen LogP contribution in [0.3, 0.4) is 0 Å². The lowest BCUT2D eigenvalue weighted by atomic mass is 10.2. The molecule has 2 N–H and O–H groups in total. The second-order valence-corrected chi connectivity index (χ2v) is 8.04. The molecule has 1 fully saturated rings. The molecular weight excluding hydrogens is 406 g/mol. The molecular formula is C24H27N5O3. The van der Waals surface area contributed by atoms with Crippen LogP contribution in [0.15, 0.2) is 47.1 Å². The van der Waals surface area contributed by atoms with Gasteiger partial charge in [-0.2, -0.15) is 5.26 Å². The molecule has 3 heterocycles. The second-order valence-electron chi connectivity index (χ2n) is 8.04. The summed E-state index contributed by atoms with van der Waals surface area (Å²) < 4.78 is 7.39. The molecule has 0 saturated carbocycles. The van der Waals surface area contributed by atoms with Crippen molar-refractivity contribution >= 4 is 17.4 Å². The number of piperazine rings is 1. The van der Waals surface area contributed by atoms with Crippen LogP contribution in [0.1, 0.15) is 22.6 Å². The number of benzene rings is 1. The van der Waals surface area contributed by atoms with Gasteiger partial charge in [-0.05, 0) is 55.8 Å². The average Bonchev–Trinajstić information content (AvgIpc) is 3.38. The van der Waals surface area contributed by atoms with E-state index in [1.807, 2.05) is 42.7 Å². The predicted octanol–water partition coefficient (Wildman–Crippen LogP) is 3.08. The molecule has 1 aromatic carbocycles. The maximum atomic E-state index is 12.9. The van der Waals surface area contributed by atoms with Crippen molar-refractivity contribution in [3.05, 3.63) is 65.2 Å². The van der Waals surface area contributed by atoms with E-state index in [9.17, 15) is 15.2 Å². The van der Waals surface area contributed by atoms with E-state index in [1.54, 1.807) is 18.4 Å². The molecule has 1 aliphatic heterocycles. The van der Waals surface area contributed by atoms with Gasteiger partial charge in [-0.1, -0.05) is 0 Å². The largest absolute Gasteiger partial charge is 0.508 e. The third kappa shape index (κ3) is 4.48. The van der Waals surface area contributed by atoms with Gasteiger partial charge in [0.1, 0.15) is 23.4 Å². The minimum absolute atomic E-state index is 0.141. The number of carbonyl (C=O) groups is 1. The molecule has 0 atom stereocenters. The molecule has 8 heteroatoms. The van der Waals surface area contributed by atoms with E-state index in [1.165, 1.54) is 0 Å². The van der Waals surface area contributed by atoms with Gasteiger partial charge in [0.05, 0.1) is 24.9 Å². The number of hydrogen-bond acceptors (Lipinski definition) is 6. The highest BCUT2D eigenvalue weighted by Gasteiger charge is 2.23. The SMILES string of the molecule is Cc1c(C#N)c(NC(=O)CN2CCN(c3ccc(O)cc3)CC2)n(Cc2ccco2)c1C. The Morgan fingerprint density at radius 3 is 2.50 bits per heavy atom. The first-order valence-corrected chi connectivity index (χ1v) is 10.6. The highest BCUT2D eigenvalue weighted by molar-refractivity contribution is 5.93. The van der Waals surface area contributed by atoms with Gasteiger partial charge in [-0.25, -0.2) is 0 Å². The molecule has 1 amide bonds. The van der Waals surface area contributed by atoms with Crippen LogP contribution < -0.4 is 10.2 Å². The number of anilines is 2. The minimum Gasteiger partial charge on any atom is -0.508 e. The zero-order chi connectivity index (χ0) is 22.7. The molecule has 0 bridgehead atoms. The normalized spacial score (nSPS) is 14.3. The molecule has 1 aliphatic rings. The number of hydrogen-bond donors (Lipinski definition) is 2. The van der Waals surface area contributed by atoms with Crippen molar-refractivity contribution in [2.75, 3.05) is 42.9 Å². The zero-order valence-corrected chi connectivity index (χ0v) is 18.3. The van der Waals surface area contributed by atoms with Gasteiger partial charge < -0.3 is 24.3 Å². The number of aromatic hydroxyl groups is 1. The number of nitrogens with one attached hydrogen (secondary N) is 1. The van der Waals surface area contributed by atoms with Crippen LogP contribution in [0.5, 0.6) is 5.75 Å². The van der Waals surface area contributed by atoms with Gasteiger partial charge >= 0.3 is 0 Å². The quantitative estimate of drug-likeness (QED) is 0.620. The number of nitriles is 1. The van der Waals surface area contributed by atoms with Gasteiger partial charge in [-0.15, -0.1) is 0 Å². The molecule has 0 spiro atoms. The van der Waals surface area contributed by atoms with Gasteiger partial charge in [0.15, 0.2) is 0 Å². The van der Waals surface area contributed by atoms with Crippen molar-refractivity contribution in [2.45, 2.75) is 20.4 Å². The van der Waals surface area contributed by atoms with Crippen LogP contribution in [0.4, 0.5) is 11.5 Å². The Labute approximate surface area is 187 Å². The van der Waals surface area contributed by atoms with Crippen LogP contribution in [0, 0.1) is 25.2 Å². The van der Waals surface area contributed by atoms with Gasteiger partial charge in [0.25, 0.3) is 0 Å². The van der Waals surface area contributed by atoms with E-state index < -0.39 is 0 Å². The molecule has 0 unspecified atom stereocenters. The Morgan fingerprint density at radius 1 is 1.16 bits per heavy atom. The summed E-state index contributed by atoms with van der Waals surface area (Å²) in [7, 11) is 0. The highest BCUT2D eigenvalue weighted by Crippen LogP contribution is 2.27. The number of carbonyl (C=O) groups excluding carboxylic acids is 1. The number of amides is 1. The molecule has 3 aromatic rings. The number of furan rings is 1. The molecule has 4 rings (SSSR count). The van der Waals surface area contributed by atoms with Gasteiger partial charge in [0, 0.05) is 37.6 Å². The van der Waals surface area contributed by atoms with E-state index in [-0.39, 0.29) is 18.2 Å². The molecule has 2 aromatic heterocycles. The fraction of sp³-hybridized carbons (Fsp3) is 0.333. The monoisotopic (exact) mass is 433 g/mol. The Morgan fingerprint density at radius 2 is 1.88 bits per heavy atom. The van der Waals surface area contributed by atoms with E-state index in [0.29, 0.717) is 17.9 Å². The summed E-state index contributed by atoms with van der Waals surface area (Å²) in [5.41, 5.74) is 3.33. The maximum Gasteiger partial charge on any atom is 0.239 e. The summed E-state index contributed by atoms with van der Waals surface area (Å²) in [6, 6.07) is 13.1. The zero-order valence-electron chi connectivity index (χ0n) is 18.3. The smallest absolute Gasteiger partial charge is 0.239 e. The first-order valence-electron chi connectivity index (χ1n) is 10.6. The lowest BCUT2D eigenvalue weighted by Crippen LogP contribution is -2.48. The van der Waals surface area contributed by atoms with Crippen molar-refractivity contribution in [3.8, 4) is 11.8 Å². The Hall–Kier alpha value is -3.70. The van der Waals surface area contributed by atoms with Crippen LogP contribution in [0.2, 0.25) is 0 Å². The van der Waals surface area contributed by atoms with Crippen molar-refractivity contribution in [2.24, 2.45) is 0 Å². The van der Waals surface area contributed by atoms with Gasteiger partial charge in [0.2, 0.25) is 5.91 Å². The van der Waals surface area contributed by atoms with E-state index in [0.717, 1.165) is 48.9 Å². The Balaban J connectivity index is 1.41. The molecule has 166 valence electrons. The van der Waals surface area contributed by atoms with Gasteiger partial charge in [-0.3, -0.25) is 9.69 Å². The Kier molecular flexibility index (Phi) is 6.19. The van der Waals surface area contributed by atoms with Crippen molar-refractivity contribution < 1.29 is 14.3 Å². The average molecular weight is 434 g/mol. The molecule has 8 nitrogen and oxygen atoms in total. The standard InChI is InChI=1S/C24H27N5O3/c1-17-18(2)29(15-21-4-3-13-32-21)24(22(17)14-25)26-23(31)16-27-9-11-28(12-10-27)19-5-7-20(30)8-6-19/h3-8,13,30H,9-12,15-16H2,1-2H3,(H,26,31). The van der Waals surface area contributed by atoms with E-state index in [4.69, 9.17) is 4.42 Å². The van der Waals surface area contributed by atoms with Crippen LogP contribution in [-0.2, 0) is 11.3 Å². The third-order valence-corrected chi connectivity index (χ3v) is 6.05. The second kappa shape index (κ2) is 9.20. The summed E-state index contributed by atoms with van der Waals surface area (Å²) in [4.78, 5) is 17.2. The van der Waals surface area contributed by atoms with Crippen molar-refractivity contribution in [1.29, 1.82) is 5.26 Å². The van der Waals surface area contributed by atoms with Crippen LogP contribution in [-0.4, -0.2) is 53.2 Å². The number of phenolic OH excluding ortho intramolecular Hbond substituents is 1. The summed E-state index contributed by atoms with van der Waals surface area (Å²) in [5.74, 6) is 1.39.